The van der Waals surface area contributed by atoms with Crippen LogP contribution in [0.5, 0.6) is 0 Å². The van der Waals surface area contributed by atoms with Crippen molar-refractivity contribution in [3.05, 3.63) is 0 Å². The summed E-state index contributed by atoms with van der Waals surface area (Å²) in [6.07, 6.45) is 6.24. The Hall–Kier alpha value is -0.0800. The number of rotatable bonds is 7. The van der Waals surface area contributed by atoms with Gasteiger partial charge in [0, 0.05) is 11.6 Å². The number of aliphatic hydroxyl groups is 1. The predicted molar refractivity (Wildman–Crippen MR) is 60.3 cm³/mol. The highest BCUT2D eigenvalue weighted by Crippen LogP contribution is 2.35. The van der Waals surface area contributed by atoms with Crippen molar-refractivity contribution in [1.82, 2.24) is 5.32 Å². The Kier molecular flexibility index (Phi) is 4.39. The number of aliphatic hydroxyl groups excluding tert-OH is 1. The molecule has 2 heteroatoms. The molecular formula is C12H25NO. The monoisotopic (exact) mass is 199 g/mol. The molecule has 0 aromatic carbocycles. The highest BCUT2D eigenvalue weighted by Gasteiger charge is 2.34. The summed E-state index contributed by atoms with van der Waals surface area (Å²) in [4.78, 5) is 0. The molecule has 1 rings (SSSR count). The van der Waals surface area contributed by atoms with Crippen LogP contribution < -0.4 is 5.32 Å². The minimum atomic E-state index is -0.0670. The van der Waals surface area contributed by atoms with Gasteiger partial charge in [0.05, 0.1) is 6.61 Å². The maximum Gasteiger partial charge on any atom is 0.0610 e. The van der Waals surface area contributed by atoms with Gasteiger partial charge in [0.25, 0.3) is 0 Å². The van der Waals surface area contributed by atoms with Crippen LogP contribution in [-0.4, -0.2) is 23.3 Å². The van der Waals surface area contributed by atoms with Gasteiger partial charge in [-0.1, -0.05) is 20.3 Å². The van der Waals surface area contributed by atoms with Gasteiger partial charge in [0.2, 0.25) is 0 Å². The lowest BCUT2D eigenvalue weighted by Crippen LogP contribution is -2.51. The van der Waals surface area contributed by atoms with E-state index in [-0.39, 0.29) is 12.1 Å². The fraction of sp³-hybridized carbons (Fsp3) is 1.00. The molecule has 0 aromatic rings. The van der Waals surface area contributed by atoms with Crippen LogP contribution in [-0.2, 0) is 0 Å². The molecule has 1 fully saturated rings. The fourth-order valence-corrected chi connectivity index (χ4v) is 1.94. The SMILES string of the molecule is CCCC(NC(C)(CC)CO)C1CC1. The van der Waals surface area contributed by atoms with Crippen molar-refractivity contribution in [1.29, 1.82) is 0 Å². The van der Waals surface area contributed by atoms with E-state index in [1.807, 2.05) is 0 Å². The molecule has 2 nitrogen and oxygen atoms in total. The minimum absolute atomic E-state index is 0.0670. The third-order valence-electron chi connectivity index (χ3n) is 3.45. The van der Waals surface area contributed by atoms with E-state index < -0.39 is 0 Å². The molecule has 0 aliphatic heterocycles. The summed E-state index contributed by atoms with van der Waals surface area (Å²) in [7, 11) is 0. The summed E-state index contributed by atoms with van der Waals surface area (Å²) >= 11 is 0. The van der Waals surface area contributed by atoms with Gasteiger partial charge in [0.15, 0.2) is 0 Å². The molecule has 0 bridgehead atoms. The number of nitrogens with one attached hydrogen (secondary N) is 1. The summed E-state index contributed by atoms with van der Waals surface area (Å²) in [5.41, 5.74) is -0.0670. The van der Waals surface area contributed by atoms with Crippen LogP contribution in [0.15, 0.2) is 0 Å². The summed E-state index contributed by atoms with van der Waals surface area (Å²) in [5.74, 6) is 0.882. The molecule has 2 N–H and O–H groups in total. The lowest BCUT2D eigenvalue weighted by atomic mass is 9.96. The molecule has 1 aliphatic carbocycles. The van der Waals surface area contributed by atoms with Crippen LogP contribution in [0.2, 0.25) is 0 Å². The lowest BCUT2D eigenvalue weighted by molar-refractivity contribution is 0.149. The Bertz CT molecular complexity index is 162. The molecular weight excluding hydrogens is 174 g/mol. The first-order valence-electron chi connectivity index (χ1n) is 6.03. The van der Waals surface area contributed by atoms with E-state index in [0.717, 1.165) is 12.3 Å². The summed E-state index contributed by atoms with van der Waals surface area (Å²) in [5, 5.41) is 13.0. The zero-order valence-corrected chi connectivity index (χ0v) is 9.84. The summed E-state index contributed by atoms with van der Waals surface area (Å²) in [6, 6.07) is 0.636. The van der Waals surface area contributed by atoms with E-state index >= 15 is 0 Å². The van der Waals surface area contributed by atoms with E-state index in [1.54, 1.807) is 0 Å². The van der Waals surface area contributed by atoms with Crippen LogP contribution in [0.25, 0.3) is 0 Å². The second-order valence-corrected chi connectivity index (χ2v) is 4.95. The normalized spacial score (nSPS) is 23.1. The van der Waals surface area contributed by atoms with Crippen molar-refractivity contribution in [2.75, 3.05) is 6.61 Å². The second-order valence-electron chi connectivity index (χ2n) is 4.95. The van der Waals surface area contributed by atoms with Gasteiger partial charge in [-0.15, -0.1) is 0 Å². The Labute approximate surface area is 88.1 Å². The highest BCUT2D eigenvalue weighted by molar-refractivity contribution is 4.92. The maximum atomic E-state index is 9.34. The Balaban J connectivity index is 2.43. The van der Waals surface area contributed by atoms with Crippen molar-refractivity contribution < 1.29 is 5.11 Å². The van der Waals surface area contributed by atoms with Gasteiger partial charge in [-0.3, -0.25) is 0 Å². The van der Waals surface area contributed by atoms with Gasteiger partial charge in [-0.05, 0) is 38.5 Å². The highest BCUT2D eigenvalue weighted by atomic mass is 16.3. The van der Waals surface area contributed by atoms with Crippen LogP contribution in [0.4, 0.5) is 0 Å². The molecule has 0 aromatic heterocycles. The van der Waals surface area contributed by atoms with Crippen molar-refractivity contribution in [3.63, 3.8) is 0 Å². The second kappa shape index (κ2) is 5.13. The molecule has 0 amide bonds. The molecule has 1 saturated carbocycles. The zero-order chi connectivity index (χ0) is 10.6. The molecule has 0 radical (unpaired) electrons. The Morgan fingerprint density at radius 1 is 1.43 bits per heavy atom. The van der Waals surface area contributed by atoms with Crippen LogP contribution in [0, 0.1) is 5.92 Å². The first-order chi connectivity index (χ1) is 6.65. The average Bonchev–Trinajstić information content (AvgIpc) is 3.00. The van der Waals surface area contributed by atoms with E-state index in [9.17, 15) is 5.11 Å². The Morgan fingerprint density at radius 3 is 2.43 bits per heavy atom. The van der Waals surface area contributed by atoms with Gasteiger partial charge in [0.1, 0.15) is 0 Å². The van der Waals surface area contributed by atoms with E-state index in [4.69, 9.17) is 0 Å². The predicted octanol–water partition coefficient (Wildman–Crippen LogP) is 2.32. The molecule has 2 atom stereocenters. The van der Waals surface area contributed by atoms with E-state index in [2.05, 4.69) is 26.1 Å². The topological polar surface area (TPSA) is 32.3 Å². The molecule has 0 spiro atoms. The largest absolute Gasteiger partial charge is 0.394 e. The summed E-state index contributed by atoms with van der Waals surface area (Å²) in [6.45, 7) is 6.74. The molecule has 0 saturated heterocycles. The van der Waals surface area contributed by atoms with E-state index in [1.165, 1.54) is 25.7 Å². The molecule has 14 heavy (non-hydrogen) atoms. The lowest BCUT2D eigenvalue weighted by Gasteiger charge is -2.33. The van der Waals surface area contributed by atoms with E-state index in [0.29, 0.717) is 6.04 Å². The van der Waals surface area contributed by atoms with Crippen molar-refractivity contribution in [3.8, 4) is 0 Å². The molecule has 84 valence electrons. The summed E-state index contributed by atoms with van der Waals surface area (Å²) < 4.78 is 0. The third kappa shape index (κ3) is 3.25. The van der Waals surface area contributed by atoms with Gasteiger partial charge in [-0.25, -0.2) is 0 Å². The first-order valence-corrected chi connectivity index (χ1v) is 6.03. The number of hydrogen-bond acceptors (Lipinski definition) is 2. The molecule has 1 aliphatic rings. The third-order valence-corrected chi connectivity index (χ3v) is 3.45. The number of hydrogen-bond donors (Lipinski definition) is 2. The maximum absolute atomic E-state index is 9.34. The standard InChI is InChI=1S/C12H25NO/c1-4-6-11(10-7-8-10)13-12(3,5-2)9-14/h10-11,13-14H,4-9H2,1-3H3. The molecule has 0 heterocycles. The van der Waals surface area contributed by atoms with Crippen molar-refractivity contribution in [2.45, 2.75) is 64.5 Å². The van der Waals surface area contributed by atoms with Crippen molar-refractivity contribution >= 4 is 0 Å². The van der Waals surface area contributed by atoms with Gasteiger partial charge < -0.3 is 10.4 Å². The quantitative estimate of drug-likeness (QED) is 0.659. The fourth-order valence-electron chi connectivity index (χ4n) is 1.94. The Morgan fingerprint density at radius 2 is 2.07 bits per heavy atom. The first kappa shape index (κ1) is 12.0. The zero-order valence-electron chi connectivity index (χ0n) is 9.84. The van der Waals surface area contributed by atoms with Crippen LogP contribution in [0.1, 0.15) is 52.9 Å². The van der Waals surface area contributed by atoms with Gasteiger partial charge in [-0.2, -0.15) is 0 Å². The van der Waals surface area contributed by atoms with Crippen LogP contribution >= 0.6 is 0 Å². The van der Waals surface area contributed by atoms with Gasteiger partial charge >= 0.3 is 0 Å². The van der Waals surface area contributed by atoms with Crippen molar-refractivity contribution in [2.24, 2.45) is 5.92 Å². The molecule has 2 unspecified atom stereocenters. The average molecular weight is 199 g/mol. The minimum Gasteiger partial charge on any atom is -0.394 e. The van der Waals surface area contributed by atoms with Crippen LogP contribution in [0.3, 0.4) is 0 Å². The smallest absolute Gasteiger partial charge is 0.0610 e.